The minimum Gasteiger partial charge on any atom is -0.317 e. The monoisotopic (exact) mass is 405 g/mol. The molecule has 0 radical (unpaired) electrons. The number of piperidine rings is 1. The lowest BCUT2D eigenvalue weighted by molar-refractivity contribution is -0.116. The van der Waals surface area contributed by atoms with Gasteiger partial charge >= 0.3 is 0 Å². The maximum absolute atomic E-state index is 12.3. The molecule has 0 unspecified atom stereocenters. The first kappa shape index (κ1) is 22.4. The fraction of sp³-hybridized carbons (Fsp3) is 0.571. The van der Waals surface area contributed by atoms with Crippen molar-refractivity contribution in [3.05, 3.63) is 41.2 Å². The van der Waals surface area contributed by atoms with Gasteiger partial charge in [0.1, 0.15) is 0 Å². The molecule has 6 nitrogen and oxygen atoms in total. The van der Waals surface area contributed by atoms with Gasteiger partial charge in [0.05, 0.1) is 0 Å². The van der Waals surface area contributed by atoms with Crippen LogP contribution < -0.4 is 10.6 Å². The molecule has 1 fully saturated rings. The number of aryl methyl sites for hydroxylation is 2. The zero-order chi connectivity index (χ0) is 19.4. The summed E-state index contributed by atoms with van der Waals surface area (Å²) in [6.07, 6.45) is 3.24. The summed E-state index contributed by atoms with van der Waals surface area (Å²) in [6, 6.07) is 8.54. The van der Waals surface area contributed by atoms with Crippen LogP contribution in [0, 0.1) is 0 Å². The summed E-state index contributed by atoms with van der Waals surface area (Å²) in [7, 11) is 1.83. The third kappa shape index (κ3) is 5.79. The Bertz CT molecular complexity index is 773. The smallest absolute Gasteiger partial charge is 0.227 e. The lowest BCUT2D eigenvalue weighted by atomic mass is 9.86. The summed E-state index contributed by atoms with van der Waals surface area (Å²) in [4.78, 5) is 16.9. The summed E-state index contributed by atoms with van der Waals surface area (Å²) < 4.78 is 1.67. The Balaban J connectivity index is 0.00000280. The van der Waals surface area contributed by atoms with E-state index in [9.17, 15) is 4.79 Å². The first-order valence-corrected chi connectivity index (χ1v) is 9.84. The minimum absolute atomic E-state index is 0. The van der Waals surface area contributed by atoms with Crippen molar-refractivity contribution >= 4 is 24.3 Å². The Hall–Kier alpha value is -1.92. The molecule has 1 saturated heterocycles. The van der Waals surface area contributed by atoms with Gasteiger partial charge in [-0.2, -0.15) is 10.1 Å². The van der Waals surface area contributed by atoms with Gasteiger partial charge in [-0.15, -0.1) is 12.4 Å². The first-order chi connectivity index (χ1) is 12.8. The van der Waals surface area contributed by atoms with Gasteiger partial charge in [0.25, 0.3) is 0 Å². The SMILES string of the molecule is Cl.Cn1nc(C2CCNCC2)nc1NC(=O)CCc1ccc(C(C)(C)C)cc1. The van der Waals surface area contributed by atoms with Crippen molar-refractivity contribution in [2.45, 2.75) is 57.8 Å². The van der Waals surface area contributed by atoms with Gasteiger partial charge in [0.15, 0.2) is 5.82 Å². The van der Waals surface area contributed by atoms with E-state index in [0.717, 1.165) is 38.2 Å². The zero-order valence-electron chi connectivity index (χ0n) is 17.3. The molecule has 1 aliphatic heterocycles. The van der Waals surface area contributed by atoms with E-state index in [1.165, 1.54) is 11.1 Å². The quantitative estimate of drug-likeness (QED) is 0.797. The number of amides is 1. The Morgan fingerprint density at radius 2 is 1.86 bits per heavy atom. The predicted octanol–water partition coefficient (Wildman–Crippen LogP) is 3.57. The van der Waals surface area contributed by atoms with E-state index >= 15 is 0 Å². The van der Waals surface area contributed by atoms with Crippen molar-refractivity contribution in [1.29, 1.82) is 0 Å². The van der Waals surface area contributed by atoms with Gasteiger partial charge in [0.2, 0.25) is 11.9 Å². The number of hydrogen-bond donors (Lipinski definition) is 2. The number of halogens is 1. The Morgan fingerprint density at radius 1 is 1.21 bits per heavy atom. The summed E-state index contributed by atoms with van der Waals surface area (Å²) in [5, 5.41) is 10.8. The summed E-state index contributed by atoms with van der Waals surface area (Å²) in [5.41, 5.74) is 2.62. The second-order valence-electron chi connectivity index (χ2n) is 8.44. The van der Waals surface area contributed by atoms with Crippen LogP contribution >= 0.6 is 12.4 Å². The Kier molecular flexibility index (Phi) is 7.61. The molecule has 1 aromatic carbocycles. The number of carbonyl (C=O) groups is 1. The van der Waals surface area contributed by atoms with Crippen LogP contribution in [0.25, 0.3) is 0 Å². The van der Waals surface area contributed by atoms with E-state index in [0.29, 0.717) is 18.3 Å². The summed E-state index contributed by atoms with van der Waals surface area (Å²) in [5.74, 6) is 1.73. The highest BCUT2D eigenvalue weighted by Crippen LogP contribution is 2.24. The minimum atomic E-state index is -0.0257. The Labute approximate surface area is 173 Å². The van der Waals surface area contributed by atoms with Crippen LogP contribution in [0.3, 0.4) is 0 Å². The van der Waals surface area contributed by atoms with E-state index in [1.54, 1.807) is 4.68 Å². The molecular weight excluding hydrogens is 374 g/mol. The fourth-order valence-corrected chi connectivity index (χ4v) is 3.38. The van der Waals surface area contributed by atoms with Gasteiger partial charge in [-0.1, -0.05) is 45.0 Å². The van der Waals surface area contributed by atoms with Gasteiger partial charge in [-0.25, -0.2) is 4.68 Å². The molecule has 0 saturated carbocycles. The van der Waals surface area contributed by atoms with Crippen molar-refractivity contribution in [2.24, 2.45) is 7.05 Å². The van der Waals surface area contributed by atoms with Crippen molar-refractivity contribution in [3.8, 4) is 0 Å². The lowest BCUT2D eigenvalue weighted by Gasteiger charge is -2.19. The normalized spacial score (nSPS) is 15.1. The largest absolute Gasteiger partial charge is 0.317 e. The molecule has 154 valence electrons. The molecule has 2 aromatic rings. The molecule has 2 heterocycles. The van der Waals surface area contributed by atoms with Crippen LogP contribution in [0.15, 0.2) is 24.3 Å². The maximum Gasteiger partial charge on any atom is 0.227 e. The van der Waals surface area contributed by atoms with Crippen LogP contribution in [0.2, 0.25) is 0 Å². The van der Waals surface area contributed by atoms with Crippen LogP contribution in [0.4, 0.5) is 5.95 Å². The van der Waals surface area contributed by atoms with E-state index in [1.807, 2.05) is 7.05 Å². The number of hydrogen-bond acceptors (Lipinski definition) is 4. The summed E-state index contributed by atoms with van der Waals surface area (Å²) >= 11 is 0. The Morgan fingerprint density at radius 3 is 2.46 bits per heavy atom. The zero-order valence-corrected chi connectivity index (χ0v) is 18.1. The van der Waals surface area contributed by atoms with Crippen molar-refractivity contribution in [3.63, 3.8) is 0 Å². The molecular formula is C21H32ClN5O. The van der Waals surface area contributed by atoms with Gasteiger partial charge in [0, 0.05) is 19.4 Å². The van der Waals surface area contributed by atoms with E-state index in [4.69, 9.17) is 0 Å². The molecule has 0 spiro atoms. The highest BCUT2D eigenvalue weighted by atomic mass is 35.5. The topological polar surface area (TPSA) is 71.8 Å². The van der Waals surface area contributed by atoms with Crippen LogP contribution in [-0.2, 0) is 23.7 Å². The second-order valence-corrected chi connectivity index (χ2v) is 8.44. The number of carbonyl (C=O) groups excluding carboxylic acids is 1. The van der Waals surface area contributed by atoms with Gasteiger partial charge in [-0.05, 0) is 48.9 Å². The van der Waals surface area contributed by atoms with E-state index in [2.05, 4.69) is 65.8 Å². The molecule has 28 heavy (non-hydrogen) atoms. The van der Waals surface area contributed by atoms with Crippen LogP contribution in [0.1, 0.15) is 62.9 Å². The maximum atomic E-state index is 12.3. The van der Waals surface area contributed by atoms with E-state index < -0.39 is 0 Å². The molecule has 0 atom stereocenters. The number of anilines is 1. The summed E-state index contributed by atoms with van der Waals surface area (Å²) in [6.45, 7) is 8.61. The third-order valence-electron chi connectivity index (χ3n) is 5.20. The van der Waals surface area contributed by atoms with Crippen LogP contribution in [-0.4, -0.2) is 33.8 Å². The van der Waals surface area contributed by atoms with Crippen molar-refractivity contribution in [1.82, 2.24) is 20.1 Å². The van der Waals surface area contributed by atoms with Gasteiger partial charge < -0.3 is 5.32 Å². The second kappa shape index (κ2) is 9.52. The van der Waals surface area contributed by atoms with Crippen molar-refractivity contribution < 1.29 is 4.79 Å². The molecule has 1 aliphatic rings. The fourth-order valence-electron chi connectivity index (χ4n) is 3.38. The number of rotatable bonds is 5. The van der Waals surface area contributed by atoms with Crippen molar-refractivity contribution in [2.75, 3.05) is 18.4 Å². The predicted molar refractivity (Wildman–Crippen MR) is 115 cm³/mol. The average molecular weight is 406 g/mol. The molecule has 1 amide bonds. The number of benzene rings is 1. The molecule has 0 bridgehead atoms. The van der Waals surface area contributed by atoms with E-state index in [-0.39, 0.29) is 23.7 Å². The molecule has 1 aromatic heterocycles. The van der Waals surface area contributed by atoms with Crippen LogP contribution in [0.5, 0.6) is 0 Å². The number of nitrogens with one attached hydrogen (secondary N) is 2. The molecule has 0 aliphatic carbocycles. The third-order valence-corrected chi connectivity index (χ3v) is 5.20. The highest BCUT2D eigenvalue weighted by molar-refractivity contribution is 5.89. The molecule has 2 N–H and O–H groups in total. The number of aromatic nitrogens is 3. The molecule has 7 heteroatoms. The lowest BCUT2D eigenvalue weighted by Crippen LogP contribution is -2.27. The molecule has 3 rings (SSSR count). The van der Waals surface area contributed by atoms with Gasteiger partial charge in [-0.3, -0.25) is 10.1 Å². The first-order valence-electron chi connectivity index (χ1n) is 9.84. The highest BCUT2D eigenvalue weighted by Gasteiger charge is 2.21. The standard InChI is InChI=1S/C21H31N5O.ClH/c1-21(2,3)17-8-5-15(6-9-17)7-10-18(27)23-20-24-19(25-26(20)4)16-11-13-22-14-12-16;/h5-6,8-9,16,22H,7,10-14H2,1-4H3,(H,23,24,25,27);1H. The average Bonchev–Trinajstić information content (AvgIpc) is 3.01. The number of nitrogens with zero attached hydrogens (tertiary/aromatic N) is 3.